The summed E-state index contributed by atoms with van der Waals surface area (Å²) >= 11 is 0. The molecule has 0 aromatic heterocycles. The van der Waals surface area contributed by atoms with Crippen molar-refractivity contribution in [3.63, 3.8) is 0 Å². The molecule has 1 atom stereocenters. The minimum Gasteiger partial charge on any atom is -0.379 e. The van der Waals surface area contributed by atoms with E-state index in [-0.39, 0.29) is 23.8 Å². The number of carbonyl (C=O) groups excluding carboxylic acids is 2. The average Bonchev–Trinajstić information content (AvgIpc) is 2.54. The molecule has 1 saturated heterocycles. The Morgan fingerprint density at radius 1 is 1.56 bits per heavy atom. The van der Waals surface area contributed by atoms with E-state index >= 15 is 0 Å². The van der Waals surface area contributed by atoms with Gasteiger partial charge in [0.1, 0.15) is 5.78 Å². The average molecular weight is 227 g/mol. The maximum absolute atomic E-state index is 11.6. The molecule has 4 heteroatoms. The first-order valence-electron chi connectivity index (χ1n) is 5.90. The molecule has 0 aromatic rings. The zero-order valence-electron chi connectivity index (χ0n) is 10.4. The molecule has 92 valence electrons. The number of nitrogens with zero attached hydrogens (tertiary/aromatic N) is 1. The Morgan fingerprint density at radius 2 is 2.25 bits per heavy atom. The smallest absolute Gasteiger partial charge is 0.223 e. The Labute approximate surface area is 96.9 Å². The number of ketones is 1. The van der Waals surface area contributed by atoms with Crippen LogP contribution in [0.4, 0.5) is 0 Å². The van der Waals surface area contributed by atoms with Crippen LogP contribution in [0.3, 0.4) is 0 Å². The third kappa shape index (κ3) is 3.59. The summed E-state index contributed by atoms with van der Waals surface area (Å²) in [7, 11) is 0. The van der Waals surface area contributed by atoms with Crippen LogP contribution in [0.5, 0.6) is 0 Å². The SMILES string of the molecule is CC(=O)CCOC[C@@H]1CCC(=O)N1C(C)C. The van der Waals surface area contributed by atoms with Crippen molar-refractivity contribution in [2.75, 3.05) is 13.2 Å². The fraction of sp³-hybridized carbons (Fsp3) is 0.833. The summed E-state index contributed by atoms with van der Waals surface area (Å²) in [4.78, 5) is 24.2. The van der Waals surface area contributed by atoms with Gasteiger partial charge in [-0.1, -0.05) is 0 Å². The summed E-state index contributed by atoms with van der Waals surface area (Å²) in [5, 5.41) is 0. The highest BCUT2D eigenvalue weighted by atomic mass is 16.5. The Hall–Kier alpha value is -0.900. The number of Topliss-reactive ketones (excluding diaryl/α,β-unsaturated/α-hetero) is 1. The highest BCUT2D eigenvalue weighted by Gasteiger charge is 2.32. The first-order chi connectivity index (χ1) is 7.52. The van der Waals surface area contributed by atoms with Gasteiger partial charge < -0.3 is 9.64 Å². The van der Waals surface area contributed by atoms with Gasteiger partial charge in [-0.25, -0.2) is 0 Å². The van der Waals surface area contributed by atoms with Gasteiger partial charge in [-0.3, -0.25) is 9.59 Å². The Balaban J connectivity index is 2.31. The van der Waals surface area contributed by atoms with Crippen LogP contribution in [-0.4, -0.2) is 41.9 Å². The first kappa shape index (κ1) is 13.2. The molecule has 4 nitrogen and oxygen atoms in total. The van der Waals surface area contributed by atoms with E-state index in [1.165, 1.54) is 0 Å². The van der Waals surface area contributed by atoms with E-state index in [4.69, 9.17) is 4.74 Å². The highest BCUT2D eigenvalue weighted by molar-refractivity contribution is 5.79. The minimum absolute atomic E-state index is 0.142. The van der Waals surface area contributed by atoms with Gasteiger partial charge in [0, 0.05) is 18.9 Å². The molecule has 0 radical (unpaired) electrons. The van der Waals surface area contributed by atoms with Crippen molar-refractivity contribution in [1.82, 2.24) is 4.90 Å². The number of carbonyl (C=O) groups is 2. The molecule has 1 heterocycles. The molecule has 1 amide bonds. The lowest BCUT2D eigenvalue weighted by Gasteiger charge is -2.28. The van der Waals surface area contributed by atoms with Crippen molar-refractivity contribution in [2.24, 2.45) is 0 Å². The Kier molecular flexibility index (Phi) is 4.93. The van der Waals surface area contributed by atoms with Crippen molar-refractivity contribution in [2.45, 2.75) is 52.1 Å². The Morgan fingerprint density at radius 3 is 2.81 bits per heavy atom. The van der Waals surface area contributed by atoms with Crippen LogP contribution in [0.15, 0.2) is 0 Å². The number of amides is 1. The van der Waals surface area contributed by atoms with Crippen LogP contribution in [0.25, 0.3) is 0 Å². The molecule has 0 saturated carbocycles. The van der Waals surface area contributed by atoms with Crippen molar-refractivity contribution >= 4 is 11.7 Å². The monoisotopic (exact) mass is 227 g/mol. The van der Waals surface area contributed by atoms with E-state index in [1.807, 2.05) is 18.7 Å². The zero-order valence-corrected chi connectivity index (χ0v) is 10.4. The quantitative estimate of drug-likeness (QED) is 0.644. The normalized spacial score (nSPS) is 20.9. The Bertz CT molecular complexity index is 263. The second-order valence-corrected chi connectivity index (χ2v) is 4.61. The predicted molar refractivity (Wildman–Crippen MR) is 61.1 cm³/mol. The molecule has 0 aromatic carbocycles. The molecule has 0 unspecified atom stereocenters. The van der Waals surface area contributed by atoms with E-state index in [9.17, 15) is 9.59 Å². The summed E-state index contributed by atoms with van der Waals surface area (Å²) in [6, 6.07) is 0.427. The van der Waals surface area contributed by atoms with E-state index in [2.05, 4.69) is 0 Å². The number of rotatable bonds is 6. The number of hydrogen-bond donors (Lipinski definition) is 0. The molecule has 1 aliphatic rings. The van der Waals surface area contributed by atoms with Gasteiger partial charge in [-0.15, -0.1) is 0 Å². The van der Waals surface area contributed by atoms with E-state index in [0.717, 1.165) is 6.42 Å². The fourth-order valence-corrected chi connectivity index (χ4v) is 2.07. The minimum atomic E-state index is 0.142. The molecule has 16 heavy (non-hydrogen) atoms. The topological polar surface area (TPSA) is 46.6 Å². The van der Waals surface area contributed by atoms with Crippen LogP contribution in [-0.2, 0) is 14.3 Å². The summed E-state index contributed by atoms with van der Waals surface area (Å²) < 4.78 is 5.44. The molecular formula is C12H21NO3. The maximum Gasteiger partial charge on any atom is 0.223 e. The van der Waals surface area contributed by atoms with Crippen LogP contribution in [0, 0.1) is 0 Å². The van der Waals surface area contributed by atoms with Crippen LogP contribution in [0.2, 0.25) is 0 Å². The largest absolute Gasteiger partial charge is 0.379 e. The second-order valence-electron chi connectivity index (χ2n) is 4.61. The maximum atomic E-state index is 11.6. The first-order valence-corrected chi connectivity index (χ1v) is 5.90. The van der Waals surface area contributed by atoms with Gasteiger partial charge in [0.15, 0.2) is 0 Å². The number of ether oxygens (including phenoxy) is 1. The fourth-order valence-electron chi connectivity index (χ4n) is 2.07. The third-order valence-electron chi connectivity index (χ3n) is 2.84. The predicted octanol–water partition coefficient (Wildman–Crippen LogP) is 1.38. The van der Waals surface area contributed by atoms with Crippen LogP contribution < -0.4 is 0 Å². The van der Waals surface area contributed by atoms with Gasteiger partial charge in [-0.05, 0) is 27.2 Å². The van der Waals surface area contributed by atoms with Crippen LogP contribution in [0.1, 0.15) is 40.0 Å². The van der Waals surface area contributed by atoms with E-state index in [1.54, 1.807) is 6.92 Å². The molecule has 0 aliphatic carbocycles. The summed E-state index contributed by atoms with van der Waals surface area (Å²) in [6.45, 7) is 6.61. The standard InChI is InChI=1S/C12H21NO3/c1-9(2)13-11(4-5-12(13)15)8-16-7-6-10(3)14/h9,11H,4-8H2,1-3H3/t11-/m0/s1. The highest BCUT2D eigenvalue weighted by Crippen LogP contribution is 2.21. The van der Waals surface area contributed by atoms with Crippen molar-refractivity contribution in [3.8, 4) is 0 Å². The lowest BCUT2D eigenvalue weighted by atomic mass is 10.2. The molecule has 0 bridgehead atoms. The number of hydrogen-bond acceptors (Lipinski definition) is 3. The molecule has 1 aliphatic heterocycles. The third-order valence-corrected chi connectivity index (χ3v) is 2.84. The zero-order chi connectivity index (χ0) is 12.1. The summed E-state index contributed by atoms with van der Waals surface area (Å²) in [6.07, 6.45) is 1.96. The van der Waals surface area contributed by atoms with Gasteiger partial charge in [-0.2, -0.15) is 0 Å². The molecule has 0 N–H and O–H groups in total. The number of likely N-dealkylation sites (tertiary alicyclic amines) is 1. The molecule has 0 spiro atoms. The van der Waals surface area contributed by atoms with E-state index in [0.29, 0.717) is 26.1 Å². The molecule has 1 fully saturated rings. The van der Waals surface area contributed by atoms with Gasteiger partial charge in [0.2, 0.25) is 5.91 Å². The van der Waals surface area contributed by atoms with Crippen molar-refractivity contribution in [1.29, 1.82) is 0 Å². The second kappa shape index (κ2) is 5.99. The van der Waals surface area contributed by atoms with E-state index < -0.39 is 0 Å². The summed E-state index contributed by atoms with van der Waals surface area (Å²) in [5.41, 5.74) is 0. The summed E-state index contributed by atoms with van der Waals surface area (Å²) in [5.74, 6) is 0.360. The molecular weight excluding hydrogens is 206 g/mol. The van der Waals surface area contributed by atoms with Gasteiger partial charge in [0.25, 0.3) is 0 Å². The van der Waals surface area contributed by atoms with Crippen molar-refractivity contribution in [3.05, 3.63) is 0 Å². The van der Waals surface area contributed by atoms with Gasteiger partial charge in [0.05, 0.1) is 19.3 Å². The molecule has 1 rings (SSSR count). The van der Waals surface area contributed by atoms with Gasteiger partial charge >= 0.3 is 0 Å². The lowest BCUT2D eigenvalue weighted by Crippen LogP contribution is -2.41. The van der Waals surface area contributed by atoms with Crippen LogP contribution >= 0.6 is 0 Å². The lowest BCUT2D eigenvalue weighted by molar-refractivity contribution is -0.131. The van der Waals surface area contributed by atoms with Crippen molar-refractivity contribution < 1.29 is 14.3 Å².